The van der Waals surface area contributed by atoms with E-state index in [1.165, 1.54) is 0 Å². The first kappa shape index (κ1) is 9.62. The minimum Gasteiger partial charge on any atom is -0.338 e. The molecular weight excluding hydrogens is 172 g/mol. The first-order valence-electron chi connectivity index (χ1n) is 4.06. The Labute approximate surface area is 78.3 Å². The molecule has 2 nitrogen and oxygen atoms in total. The number of nitrogens with zero attached hydrogens (tertiary/aromatic N) is 1. The van der Waals surface area contributed by atoms with Crippen LogP contribution >= 0.6 is 11.6 Å². The van der Waals surface area contributed by atoms with Gasteiger partial charge in [0.05, 0.1) is 0 Å². The summed E-state index contributed by atoms with van der Waals surface area (Å²) in [7, 11) is 0. The number of nitrogens with two attached hydrogens (primary N) is 1. The maximum Gasteiger partial charge on any atom is 0.108 e. The highest BCUT2D eigenvalue weighted by Gasteiger charge is 2.16. The topological polar surface area (TPSA) is 30.9 Å². The molecule has 0 atom stereocenters. The van der Waals surface area contributed by atoms with Crippen LogP contribution in [-0.4, -0.2) is 11.1 Å². The van der Waals surface area contributed by atoms with E-state index in [4.69, 9.17) is 17.3 Å². The van der Waals surface area contributed by atoms with E-state index in [2.05, 4.69) is 13.8 Å². The third-order valence-corrected chi connectivity index (χ3v) is 2.27. The smallest absolute Gasteiger partial charge is 0.108 e. The Bertz CT molecular complexity index is 253. The largest absolute Gasteiger partial charge is 0.338 e. The molecule has 1 heterocycles. The summed E-state index contributed by atoms with van der Waals surface area (Å²) in [4.78, 5) is 0. The van der Waals surface area contributed by atoms with Gasteiger partial charge in [0.1, 0.15) is 5.15 Å². The van der Waals surface area contributed by atoms with Gasteiger partial charge >= 0.3 is 0 Å². The van der Waals surface area contributed by atoms with E-state index in [0.717, 1.165) is 11.7 Å². The lowest BCUT2D eigenvalue weighted by Crippen LogP contribution is -2.28. The Balaban J connectivity index is 2.70. The molecule has 0 aliphatic heterocycles. The van der Waals surface area contributed by atoms with E-state index in [1.807, 2.05) is 22.9 Å². The number of rotatable bonds is 3. The van der Waals surface area contributed by atoms with Crippen LogP contribution in [0, 0.1) is 5.41 Å². The highest BCUT2D eigenvalue weighted by Crippen LogP contribution is 2.19. The Morgan fingerprint density at radius 3 is 2.67 bits per heavy atom. The van der Waals surface area contributed by atoms with Crippen molar-refractivity contribution in [3.05, 3.63) is 23.5 Å². The van der Waals surface area contributed by atoms with Crippen molar-refractivity contribution in [1.82, 2.24) is 4.57 Å². The van der Waals surface area contributed by atoms with Crippen LogP contribution in [0.15, 0.2) is 18.3 Å². The van der Waals surface area contributed by atoms with E-state index in [9.17, 15) is 0 Å². The summed E-state index contributed by atoms with van der Waals surface area (Å²) in [5.41, 5.74) is 5.73. The zero-order chi connectivity index (χ0) is 9.19. The van der Waals surface area contributed by atoms with Crippen LogP contribution in [0.25, 0.3) is 0 Å². The van der Waals surface area contributed by atoms with Gasteiger partial charge in [-0.2, -0.15) is 0 Å². The van der Waals surface area contributed by atoms with Crippen molar-refractivity contribution >= 4 is 11.6 Å². The lowest BCUT2D eigenvalue weighted by Gasteiger charge is -2.23. The highest BCUT2D eigenvalue weighted by molar-refractivity contribution is 6.29. The lowest BCUT2D eigenvalue weighted by molar-refractivity contribution is 0.318. The fraction of sp³-hybridized carbons (Fsp3) is 0.556. The molecule has 0 fully saturated rings. The minimum atomic E-state index is 0.114. The molecule has 0 amide bonds. The molecular formula is C9H15ClN2. The van der Waals surface area contributed by atoms with Gasteiger partial charge in [0, 0.05) is 12.7 Å². The zero-order valence-corrected chi connectivity index (χ0v) is 8.30. The van der Waals surface area contributed by atoms with Gasteiger partial charge in [-0.25, -0.2) is 0 Å². The third-order valence-electron chi connectivity index (χ3n) is 1.93. The fourth-order valence-electron chi connectivity index (χ4n) is 1.05. The molecule has 0 radical (unpaired) electrons. The maximum absolute atomic E-state index is 5.92. The molecule has 0 spiro atoms. The summed E-state index contributed by atoms with van der Waals surface area (Å²) in [6.07, 6.45) is 1.97. The van der Waals surface area contributed by atoms with Gasteiger partial charge in [-0.05, 0) is 24.1 Å². The van der Waals surface area contributed by atoms with Gasteiger partial charge in [-0.3, -0.25) is 0 Å². The summed E-state index contributed by atoms with van der Waals surface area (Å²) in [5, 5.41) is 0.775. The minimum absolute atomic E-state index is 0.114. The van der Waals surface area contributed by atoms with Crippen molar-refractivity contribution in [2.24, 2.45) is 11.1 Å². The predicted molar refractivity (Wildman–Crippen MR) is 52.3 cm³/mol. The highest BCUT2D eigenvalue weighted by atomic mass is 35.5. The number of aromatic nitrogens is 1. The number of hydrogen-bond acceptors (Lipinski definition) is 1. The summed E-state index contributed by atoms with van der Waals surface area (Å²) in [5.74, 6) is 0. The van der Waals surface area contributed by atoms with E-state index < -0.39 is 0 Å². The second-order valence-corrected chi connectivity index (χ2v) is 4.21. The molecule has 0 bridgehead atoms. The zero-order valence-electron chi connectivity index (χ0n) is 7.55. The maximum atomic E-state index is 5.92. The van der Waals surface area contributed by atoms with Gasteiger partial charge < -0.3 is 10.3 Å². The second kappa shape index (κ2) is 3.50. The standard InChI is InChI=1S/C9H15ClN2/c1-9(2,6-11)7-12-5-3-4-8(12)10/h3-5H,6-7,11H2,1-2H3. The lowest BCUT2D eigenvalue weighted by atomic mass is 9.94. The van der Waals surface area contributed by atoms with Gasteiger partial charge in [0.15, 0.2) is 0 Å². The van der Waals surface area contributed by atoms with Crippen LogP contribution in [0.5, 0.6) is 0 Å². The monoisotopic (exact) mass is 186 g/mol. The van der Waals surface area contributed by atoms with Gasteiger partial charge in [0.2, 0.25) is 0 Å². The summed E-state index contributed by atoms with van der Waals surface area (Å²) >= 11 is 5.92. The van der Waals surface area contributed by atoms with Crippen molar-refractivity contribution in [3.63, 3.8) is 0 Å². The number of halogens is 1. The van der Waals surface area contributed by atoms with Crippen LogP contribution in [0.4, 0.5) is 0 Å². The molecule has 1 aromatic rings. The molecule has 12 heavy (non-hydrogen) atoms. The van der Waals surface area contributed by atoms with Crippen LogP contribution in [0.3, 0.4) is 0 Å². The van der Waals surface area contributed by atoms with Crippen LogP contribution in [-0.2, 0) is 6.54 Å². The molecule has 0 aliphatic rings. The Morgan fingerprint density at radius 2 is 2.25 bits per heavy atom. The number of hydrogen-bond donors (Lipinski definition) is 1. The molecule has 0 aromatic carbocycles. The van der Waals surface area contributed by atoms with E-state index in [1.54, 1.807) is 0 Å². The average Bonchev–Trinajstić information content (AvgIpc) is 2.36. The first-order valence-corrected chi connectivity index (χ1v) is 4.44. The van der Waals surface area contributed by atoms with Crippen molar-refractivity contribution in [1.29, 1.82) is 0 Å². The van der Waals surface area contributed by atoms with Crippen molar-refractivity contribution in [2.75, 3.05) is 6.54 Å². The van der Waals surface area contributed by atoms with E-state index >= 15 is 0 Å². The third kappa shape index (κ3) is 2.26. The van der Waals surface area contributed by atoms with Crippen LogP contribution < -0.4 is 5.73 Å². The second-order valence-electron chi connectivity index (χ2n) is 3.83. The van der Waals surface area contributed by atoms with Crippen molar-refractivity contribution < 1.29 is 0 Å². The Kier molecular flexibility index (Phi) is 2.80. The van der Waals surface area contributed by atoms with E-state index in [-0.39, 0.29) is 5.41 Å². The predicted octanol–water partition coefficient (Wildman–Crippen LogP) is 2.13. The summed E-state index contributed by atoms with van der Waals surface area (Å²) < 4.78 is 2.01. The Hall–Kier alpha value is -0.470. The molecule has 0 saturated heterocycles. The summed E-state index contributed by atoms with van der Waals surface area (Å²) in [6.45, 7) is 5.80. The van der Waals surface area contributed by atoms with Gasteiger partial charge in [0.25, 0.3) is 0 Å². The van der Waals surface area contributed by atoms with Gasteiger partial charge in [-0.1, -0.05) is 25.4 Å². The molecule has 3 heteroatoms. The van der Waals surface area contributed by atoms with E-state index in [0.29, 0.717) is 6.54 Å². The molecule has 1 aromatic heterocycles. The normalized spacial score (nSPS) is 12.0. The Morgan fingerprint density at radius 1 is 1.58 bits per heavy atom. The molecule has 0 aliphatic carbocycles. The first-order chi connectivity index (χ1) is 5.55. The molecule has 1 rings (SSSR count). The van der Waals surface area contributed by atoms with Crippen molar-refractivity contribution in [2.45, 2.75) is 20.4 Å². The SMILES string of the molecule is CC(C)(CN)Cn1cccc1Cl. The average molecular weight is 187 g/mol. The molecule has 68 valence electrons. The van der Waals surface area contributed by atoms with Crippen LogP contribution in [0.1, 0.15) is 13.8 Å². The van der Waals surface area contributed by atoms with Crippen LogP contribution in [0.2, 0.25) is 5.15 Å². The molecule has 0 saturated carbocycles. The summed E-state index contributed by atoms with van der Waals surface area (Å²) in [6, 6.07) is 3.82. The molecule has 0 unspecified atom stereocenters. The fourth-order valence-corrected chi connectivity index (χ4v) is 1.24. The molecule has 2 N–H and O–H groups in total. The van der Waals surface area contributed by atoms with Crippen molar-refractivity contribution in [3.8, 4) is 0 Å². The quantitative estimate of drug-likeness (QED) is 0.771. The van der Waals surface area contributed by atoms with Gasteiger partial charge in [-0.15, -0.1) is 0 Å².